The van der Waals surface area contributed by atoms with Gasteiger partial charge in [-0.3, -0.25) is 4.79 Å². The zero-order valence-corrected chi connectivity index (χ0v) is 14.0. The number of ether oxygens (including phenoxy) is 2. The van der Waals surface area contributed by atoms with E-state index < -0.39 is 5.97 Å². The van der Waals surface area contributed by atoms with E-state index in [1.165, 1.54) is 0 Å². The largest absolute Gasteiger partial charge is 0.482 e. The summed E-state index contributed by atoms with van der Waals surface area (Å²) >= 11 is 0. The number of carbonyl (C=O) groups excluding carboxylic acids is 1. The van der Waals surface area contributed by atoms with E-state index in [2.05, 4.69) is 5.32 Å². The number of aliphatic carboxylic acids is 1. The van der Waals surface area contributed by atoms with Crippen LogP contribution in [-0.4, -0.2) is 36.8 Å². The molecule has 1 aromatic carbocycles. The normalized spacial score (nSPS) is 15.9. The van der Waals surface area contributed by atoms with Crippen molar-refractivity contribution in [2.24, 2.45) is 5.41 Å². The molecular weight excluding hydrogens is 310 g/mol. The first-order chi connectivity index (χ1) is 11.6. The van der Waals surface area contributed by atoms with Gasteiger partial charge >= 0.3 is 5.97 Å². The van der Waals surface area contributed by atoms with Crippen LogP contribution in [0.1, 0.15) is 39.0 Å². The summed E-state index contributed by atoms with van der Waals surface area (Å²) in [5.41, 5.74) is 0.346. The molecule has 6 heteroatoms. The number of nitrogens with one attached hydrogen (secondary N) is 1. The summed E-state index contributed by atoms with van der Waals surface area (Å²) in [7, 11) is 0. The van der Waals surface area contributed by atoms with Crippen molar-refractivity contribution in [3.8, 4) is 5.75 Å². The molecule has 0 bridgehead atoms. The number of hydrogen-bond donors (Lipinski definition) is 2. The third kappa shape index (κ3) is 4.96. The number of rotatable bonds is 9. The Kier molecular flexibility index (Phi) is 6.61. The van der Waals surface area contributed by atoms with Crippen LogP contribution in [0.5, 0.6) is 5.75 Å². The summed E-state index contributed by atoms with van der Waals surface area (Å²) in [6, 6.07) is 6.75. The SMILES string of the molecule is CCOCCC1(C(=O)Nc2ccc(OCC(=O)O)cc2)CCCC1. The van der Waals surface area contributed by atoms with Gasteiger partial charge in [0.15, 0.2) is 6.61 Å². The van der Waals surface area contributed by atoms with Gasteiger partial charge in [-0.1, -0.05) is 12.8 Å². The van der Waals surface area contributed by atoms with Crippen LogP contribution in [0.25, 0.3) is 0 Å². The summed E-state index contributed by atoms with van der Waals surface area (Å²) in [6.07, 6.45) is 4.67. The van der Waals surface area contributed by atoms with Crippen LogP contribution in [0.2, 0.25) is 0 Å². The standard InChI is InChI=1S/C18H25NO5/c1-2-23-12-11-18(9-3-4-10-18)17(22)19-14-5-7-15(8-6-14)24-13-16(20)21/h5-8H,2-4,9-13H2,1H3,(H,19,22)(H,20,21). The second-order valence-electron chi connectivity index (χ2n) is 6.10. The first-order valence-electron chi connectivity index (χ1n) is 8.39. The van der Waals surface area contributed by atoms with Crippen LogP contribution in [0, 0.1) is 5.41 Å². The highest BCUT2D eigenvalue weighted by atomic mass is 16.5. The van der Waals surface area contributed by atoms with Gasteiger partial charge in [-0.05, 0) is 50.5 Å². The lowest BCUT2D eigenvalue weighted by Crippen LogP contribution is -2.35. The van der Waals surface area contributed by atoms with Crippen LogP contribution in [0.4, 0.5) is 5.69 Å². The Labute approximate surface area is 142 Å². The van der Waals surface area contributed by atoms with Crippen molar-refractivity contribution in [2.75, 3.05) is 25.1 Å². The van der Waals surface area contributed by atoms with E-state index in [1.807, 2.05) is 6.92 Å². The minimum absolute atomic E-state index is 0.0407. The monoisotopic (exact) mass is 335 g/mol. The summed E-state index contributed by atoms with van der Waals surface area (Å²) in [5, 5.41) is 11.6. The molecule has 1 aliphatic rings. The molecule has 24 heavy (non-hydrogen) atoms. The van der Waals surface area contributed by atoms with Crippen molar-refractivity contribution < 1.29 is 24.2 Å². The van der Waals surface area contributed by atoms with E-state index in [1.54, 1.807) is 24.3 Å². The molecule has 1 aliphatic carbocycles. The summed E-state index contributed by atoms with van der Waals surface area (Å²) in [5.74, 6) is -0.522. The topological polar surface area (TPSA) is 84.9 Å². The second-order valence-corrected chi connectivity index (χ2v) is 6.10. The van der Waals surface area contributed by atoms with Crippen LogP contribution in [0.15, 0.2) is 24.3 Å². The maximum Gasteiger partial charge on any atom is 0.341 e. The zero-order valence-electron chi connectivity index (χ0n) is 14.0. The lowest BCUT2D eigenvalue weighted by atomic mass is 9.82. The first kappa shape index (κ1) is 18.3. The molecule has 0 spiro atoms. The molecule has 0 heterocycles. The fourth-order valence-corrected chi connectivity index (χ4v) is 3.10. The molecule has 0 saturated heterocycles. The van der Waals surface area contributed by atoms with E-state index in [0.29, 0.717) is 24.7 Å². The van der Waals surface area contributed by atoms with E-state index in [9.17, 15) is 9.59 Å². The molecule has 2 rings (SSSR count). The molecule has 0 aliphatic heterocycles. The van der Waals surface area contributed by atoms with Gasteiger partial charge < -0.3 is 19.9 Å². The molecule has 1 saturated carbocycles. The van der Waals surface area contributed by atoms with Gasteiger partial charge in [0.25, 0.3) is 0 Å². The smallest absolute Gasteiger partial charge is 0.341 e. The highest BCUT2D eigenvalue weighted by molar-refractivity contribution is 5.95. The van der Waals surface area contributed by atoms with Crippen LogP contribution in [0.3, 0.4) is 0 Å². The summed E-state index contributed by atoms with van der Waals surface area (Å²) in [4.78, 5) is 23.2. The zero-order chi connectivity index (χ0) is 17.4. The Morgan fingerprint density at radius 2 is 1.88 bits per heavy atom. The van der Waals surface area contributed by atoms with Crippen LogP contribution < -0.4 is 10.1 Å². The third-order valence-corrected chi connectivity index (χ3v) is 4.45. The Bertz CT molecular complexity index is 549. The lowest BCUT2D eigenvalue weighted by molar-refractivity contribution is -0.139. The molecule has 2 N–H and O–H groups in total. The highest BCUT2D eigenvalue weighted by Gasteiger charge is 2.40. The molecule has 1 fully saturated rings. The fraction of sp³-hybridized carbons (Fsp3) is 0.556. The minimum atomic E-state index is -1.02. The number of benzene rings is 1. The van der Waals surface area contributed by atoms with E-state index >= 15 is 0 Å². The van der Waals surface area contributed by atoms with Crippen molar-refractivity contribution >= 4 is 17.6 Å². The number of carbonyl (C=O) groups is 2. The van der Waals surface area contributed by atoms with Gasteiger partial charge in [-0.15, -0.1) is 0 Å². The van der Waals surface area contributed by atoms with Gasteiger partial charge in [0.05, 0.1) is 5.41 Å². The van der Waals surface area contributed by atoms with Gasteiger partial charge in [-0.2, -0.15) is 0 Å². The predicted molar refractivity (Wildman–Crippen MR) is 90.2 cm³/mol. The molecule has 0 aromatic heterocycles. The molecule has 0 unspecified atom stereocenters. The van der Waals surface area contributed by atoms with Gasteiger partial charge in [-0.25, -0.2) is 4.79 Å². The predicted octanol–water partition coefficient (Wildman–Crippen LogP) is 3.08. The van der Waals surface area contributed by atoms with Crippen molar-refractivity contribution in [1.82, 2.24) is 0 Å². The highest BCUT2D eigenvalue weighted by Crippen LogP contribution is 2.42. The molecule has 0 atom stereocenters. The van der Waals surface area contributed by atoms with Crippen molar-refractivity contribution in [3.05, 3.63) is 24.3 Å². The molecular formula is C18H25NO5. The Hall–Kier alpha value is -2.08. The number of anilines is 1. The van der Waals surface area contributed by atoms with Crippen LogP contribution >= 0.6 is 0 Å². The van der Waals surface area contributed by atoms with E-state index in [4.69, 9.17) is 14.6 Å². The van der Waals surface area contributed by atoms with Crippen molar-refractivity contribution in [1.29, 1.82) is 0 Å². The molecule has 6 nitrogen and oxygen atoms in total. The third-order valence-electron chi connectivity index (χ3n) is 4.45. The minimum Gasteiger partial charge on any atom is -0.482 e. The quantitative estimate of drug-likeness (QED) is 0.678. The fourth-order valence-electron chi connectivity index (χ4n) is 3.10. The average Bonchev–Trinajstić information content (AvgIpc) is 3.04. The lowest BCUT2D eigenvalue weighted by Gasteiger charge is -2.27. The molecule has 132 valence electrons. The number of carboxylic acids is 1. The van der Waals surface area contributed by atoms with Crippen molar-refractivity contribution in [3.63, 3.8) is 0 Å². The summed E-state index contributed by atoms with van der Waals surface area (Å²) < 4.78 is 10.5. The summed E-state index contributed by atoms with van der Waals surface area (Å²) in [6.45, 7) is 2.84. The van der Waals surface area contributed by atoms with Crippen LogP contribution in [-0.2, 0) is 14.3 Å². The average molecular weight is 335 g/mol. The van der Waals surface area contributed by atoms with Gasteiger partial charge in [0.2, 0.25) is 5.91 Å². The Morgan fingerprint density at radius 3 is 2.46 bits per heavy atom. The first-order valence-corrected chi connectivity index (χ1v) is 8.39. The van der Waals surface area contributed by atoms with E-state index in [-0.39, 0.29) is 17.9 Å². The Balaban J connectivity index is 1.95. The maximum absolute atomic E-state index is 12.8. The maximum atomic E-state index is 12.8. The molecule has 1 amide bonds. The van der Waals surface area contributed by atoms with Crippen molar-refractivity contribution in [2.45, 2.75) is 39.0 Å². The van der Waals surface area contributed by atoms with Gasteiger partial charge in [0.1, 0.15) is 5.75 Å². The molecule has 1 aromatic rings. The number of amides is 1. The molecule has 0 radical (unpaired) electrons. The number of hydrogen-bond acceptors (Lipinski definition) is 4. The van der Waals surface area contributed by atoms with Gasteiger partial charge in [0, 0.05) is 18.9 Å². The Morgan fingerprint density at radius 1 is 1.21 bits per heavy atom. The second kappa shape index (κ2) is 8.68. The van der Waals surface area contributed by atoms with E-state index in [0.717, 1.165) is 32.1 Å². The number of carboxylic acid groups (broad SMARTS) is 1.